The summed E-state index contributed by atoms with van der Waals surface area (Å²) in [4.78, 5) is 0. The topological polar surface area (TPSA) is 26.0 Å². The van der Waals surface area contributed by atoms with Gasteiger partial charge in [-0.3, -0.25) is 0 Å². The molecule has 1 saturated carbocycles. The van der Waals surface area contributed by atoms with Crippen LogP contribution in [0.15, 0.2) is 0 Å². The van der Waals surface area contributed by atoms with E-state index in [-0.39, 0.29) is 18.4 Å². The van der Waals surface area contributed by atoms with Crippen molar-refractivity contribution < 1.29 is 4.39 Å². The molecular formula is C6H9ClFN. The molecular weight excluding hydrogens is 141 g/mol. The molecule has 0 heterocycles. The average molecular weight is 150 g/mol. The first-order valence-electron chi connectivity index (χ1n) is 2.58. The van der Waals surface area contributed by atoms with Crippen LogP contribution in [0.3, 0.4) is 0 Å². The molecule has 0 spiro atoms. The molecule has 2 N–H and O–H groups in total. The first-order valence-corrected chi connectivity index (χ1v) is 2.58. The summed E-state index contributed by atoms with van der Waals surface area (Å²) < 4.78 is 12.6. The van der Waals surface area contributed by atoms with E-state index in [1.165, 1.54) is 0 Å². The summed E-state index contributed by atoms with van der Waals surface area (Å²) in [7, 11) is 0. The van der Waals surface area contributed by atoms with E-state index in [0.29, 0.717) is 12.8 Å². The minimum absolute atomic E-state index is 0. The maximum atomic E-state index is 12.6. The molecule has 1 rings (SSSR count). The Bertz CT molecular complexity index is 134. The Morgan fingerprint density at radius 3 is 2.22 bits per heavy atom. The molecule has 0 unspecified atom stereocenters. The fourth-order valence-corrected chi connectivity index (χ4v) is 0.889. The van der Waals surface area contributed by atoms with Crippen molar-refractivity contribution >= 4 is 12.4 Å². The molecule has 0 bridgehead atoms. The summed E-state index contributed by atoms with van der Waals surface area (Å²) in [6, 6.07) is -0.00366. The second-order valence-corrected chi connectivity index (χ2v) is 2.28. The van der Waals surface area contributed by atoms with Gasteiger partial charge in [0, 0.05) is 18.9 Å². The molecule has 0 atom stereocenters. The number of hydrogen-bond donors (Lipinski definition) is 1. The number of alkyl halides is 1. The van der Waals surface area contributed by atoms with Gasteiger partial charge in [-0.2, -0.15) is 0 Å². The van der Waals surface area contributed by atoms with Crippen LogP contribution in [0, 0.1) is 12.3 Å². The van der Waals surface area contributed by atoms with Gasteiger partial charge in [0.05, 0.1) is 0 Å². The van der Waals surface area contributed by atoms with E-state index in [4.69, 9.17) is 12.2 Å². The highest BCUT2D eigenvalue weighted by molar-refractivity contribution is 5.85. The molecule has 0 aliphatic heterocycles. The fourth-order valence-electron chi connectivity index (χ4n) is 0.889. The molecule has 0 saturated heterocycles. The minimum atomic E-state index is -1.36. The van der Waals surface area contributed by atoms with Gasteiger partial charge in [-0.15, -0.1) is 18.8 Å². The summed E-state index contributed by atoms with van der Waals surface area (Å²) in [6.07, 6.45) is 5.52. The number of nitrogens with two attached hydrogens (primary N) is 1. The van der Waals surface area contributed by atoms with Crippen molar-refractivity contribution in [2.24, 2.45) is 5.73 Å². The molecule has 0 aromatic rings. The molecule has 1 aliphatic carbocycles. The van der Waals surface area contributed by atoms with E-state index in [1.807, 2.05) is 0 Å². The van der Waals surface area contributed by atoms with E-state index in [2.05, 4.69) is 5.92 Å². The highest BCUT2D eigenvalue weighted by atomic mass is 35.5. The van der Waals surface area contributed by atoms with Crippen molar-refractivity contribution in [3.63, 3.8) is 0 Å². The van der Waals surface area contributed by atoms with Crippen molar-refractivity contribution in [2.75, 3.05) is 0 Å². The third-order valence-corrected chi connectivity index (χ3v) is 1.43. The van der Waals surface area contributed by atoms with Crippen molar-refractivity contribution in [1.82, 2.24) is 0 Å². The molecule has 0 aromatic heterocycles. The van der Waals surface area contributed by atoms with Crippen LogP contribution in [0.25, 0.3) is 0 Å². The van der Waals surface area contributed by atoms with Crippen molar-refractivity contribution in [3.8, 4) is 12.3 Å². The largest absolute Gasteiger partial charge is 0.327 e. The average Bonchev–Trinajstić information content (AvgIpc) is 1.63. The van der Waals surface area contributed by atoms with Gasteiger partial charge in [0.1, 0.15) is 0 Å². The van der Waals surface area contributed by atoms with Gasteiger partial charge in [-0.05, 0) is 0 Å². The molecule has 1 nitrogen and oxygen atoms in total. The Kier molecular flexibility index (Phi) is 2.48. The van der Waals surface area contributed by atoms with E-state index in [1.54, 1.807) is 0 Å². The lowest BCUT2D eigenvalue weighted by atomic mass is 9.79. The zero-order chi connectivity index (χ0) is 6.20. The minimum Gasteiger partial charge on any atom is -0.327 e. The highest BCUT2D eigenvalue weighted by Gasteiger charge is 2.41. The predicted molar refractivity (Wildman–Crippen MR) is 37.1 cm³/mol. The van der Waals surface area contributed by atoms with Crippen molar-refractivity contribution in [3.05, 3.63) is 0 Å². The maximum absolute atomic E-state index is 12.6. The van der Waals surface area contributed by atoms with Crippen LogP contribution >= 0.6 is 12.4 Å². The Balaban J connectivity index is 0.000000640. The van der Waals surface area contributed by atoms with Gasteiger partial charge in [0.15, 0.2) is 5.67 Å². The zero-order valence-electron chi connectivity index (χ0n) is 4.93. The Hall–Kier alpha value is -0.260. The van der Waals surface area contributed by atoms with Gasteiger partial charge in [0.25, 0.3) is 0 Å². The lowest BCUT2D eigenvalue weighted by Crippen LogP contribution is -2.47. The lowest BCUT2D eigenvalue weighted by Gasteiger charge is -2.34. The molecule has 1 fully saturated rings. The quantitative estimate of drug-likeness (QED) is 0.509. The van der Waals surface area contributed by atoms with E-state index in [0.717, 1.165) is 0 Å². The second-order valence-electron chi connectivity index (χ2n) is 2.28. The standard InChI is InChI=1S/C6H8FN.ClH/c1-2-6(7)3-5(8)4-6;/h1,5H,3-4,8H2;1H. The number of rotatable bonds is 0. The normalized spacial score (nSPS) is 39.9. The molecule has 52 valence electrons. The zero-order valence-corrected chi connectivity index (χ0v) is 5.75. The van der Waals surface area contributed by atoms with Crippen molar-refractivity contribution in [2.45, 2.75) is 24.6 Å². The van der Waals surface area contributed by atoms with Gasteiger partial charge in [-0.25, -0.2) is 4.39 Å². The third-order valence-electron chi connectivity index (χ3n) is 1.43. The number of terminal acetylenes is 1. The summed E-state index contributed by atoms with van der Waals surface area (Å²) >= 11 is 0. The first-order chi connectivity index (χ1) is 3.66. The van der Waals surface area contributed by atoms with Crippen LogP contribution in [-0.2, 0) is 0 Å². The Labute approximate surface area is 60.2 Å². The summed E-state index contributed by atoms with van der Waals surface area (Å²) in [5.74, 6) is 2.06. The molecule has 3 heteroatoms. The van der Waals surface area contributed by atoms with Crippen LogP contribution in [0.4, 0.5) is 4.39 Å². The van der Waals surface area contributed by atoms with E-state index < -0.39 is 5.67 Å². The smallest absolute Gasteiger partial charge is 0.173 e. The molecule has 0 amide bonds. The monoisotopic (exact) mass is 149 g/mol. The Morgan fingerprint density at radius 1 is 1.67 bits per heavy atom. The van der Waals surface area contributed by atoms with Gasteiger partial charge in [-0.1, -0.05) is 5.92 Å². The number of halogens is 2. The van der Waals surface area contributed by atoms with Crippen LogP contribution in [-0.4, -0.2) is 11.7 Å². The first kappa shape index (κ1) is 8.74. The van der Waals surface area contributed by atoms with E-state index >= 15 is 0 Å². The summed E-state index contributed by atoms with van der Waals surface area (Å²) in [6.45, 7) is 0. The van der Waals surface area contributed by atoms with Crippen LogP contribution in [0.1, 0.15) is 12.8 Å². The summed E-state index contributed by atoms with van der Waals surface area (Å²) in [5, 5.41) is 0. The van der Waals surface area contributed by atoms with Crippen LogP contribution in [0.5, 0.6) is 0 Å². The molecule has 0 aromatic carbocycles. The fraction of sp³-hybridized carbons (Fsp3) is 0.667. The third kappa shape index (κ3) is 1.57. The second kappa shape index (κ2) is 2.55. The Morgan fingerprint density at radius 2 is 2.11 bits per heavy atom. The number of hydrogen-bond acceptors (Lipinski definition) is 1. The SMILES string of the molecule is C#CC1(F)CC(N)C1.Cl. The van der Waals surface area contributed by atoms with Crippen LogP contribution in [0.2, 0.25) is 0 Å². The van der Waals surface area contributed by atoms with Gasteiger partial charge < -0.3 is 5.73 Å². The lowest BCUT2D eigenvalue weighted by molar-refractivity contribution is 0.107. The predicted octanol–water partition coefficient (Wildman–Crippen LogP) is 0.871. The van der Waals surface area contributed by atoms with Crippen molar-refractivity contribution in [1.29, 1.82) is 0 Å². The maximum Gasteiger partial charge on any atom is 0.173 e. The van der Waals surface area contributed by atoms with E-state index in [9.17, 15) is 4.39 Å². The molecule has 9 heavy (non-hydrogen) atoms. The highest BCUT2D eigenvalue weighted by Crippen LogP contribution is 2.33. The molecule has 0 radical (unpaired) electrons. The van der Waals surface area contributed by atoms with Gasteiger partial charge >= 0.3 is 0 Å². The van der Waals surface area contributed by atoms with Crippen LogP contribution < -0.4 is 5.73 Å². The summed E-state index contributed by atoms with van der Waals surface area (Å²) in [5.41, 5.74) is 3.93. The molecule has 1 aliphatic rings. The van der Waals surface area contributed by atoms with Gasteiger partial charge in [0.2, 0.25) is 0 Å².